The number of methoxy groups -OCH3 is 1. The minimum absolute atomic E-state index is 0.0746. The highest BCUT2D eigenvalue weighted by Gasteiger charge is 2.27. The van der Waals surface area contributed by atoms with Crippen molar-refractivity contribution in [2.75, 3.05) is 7.11 Å². The fraction of sp³-hybridized carbons (Fsp3) is 0.250. The van der Waals surface area contributed by atoms with Crippen molar-refractivity contribution in [2.24, 2.45) is 0 Å². The molecular weight excluding hydrogens is 1310 g/mol. The molecule has 534 valence electrons. The van der Waals surface area contributed by atoms with Gasteiger partial charge in [0, 0.05) is 64.6 Å². The third kappa shape index (κ3) is 10.5. The molecule has 0 aliphatic rings. The second-order valence-electron chi connectivity index (χ2n) is 35.2. The molecule has 0 unspecified atom stereocenters. The summed E-state index contributed by atoms with van der Waals surface area (Å²) in [6.45, 7) is 38.8. The highest BCUT2D eigenvalue weighted by atomic mass is 16.5. The van der Waals surface area contributed by atoms with E-state index in [9.17, 15) is 0 Å². The molecule has 4 heteroatoms. The summed E-state index contributed by atoms with van der Waals surface area (Å²) in [5.41, 5.74) is 23.0. The smallest absolute Gasteiger partial charge is 0.120 e. The van der Waals surface area contributed by atoms with Crippen molar-refractivity contribution in [1.82, 2.24) is 13.2 Å². The molecule has 0 bridgehead atoms. The van der Waals surface area contributed by atoms with Crippen LogP contribution in [-0.2, 0) is 5.41 Å². The van der Waals surface area contributed by atoms with Crippen molar-refractivity contribution in [1.29, 1.82) is 0 Å². The lowest BCUT2D eigenvalue weighted by Gasteiger charge is -2.19. The summed E-state index contributed by atoms with van der Waals surface area (Å²) in [5.74, 6) is 4.52. The van der Waals surface area contributed by atoms with E-state index in [4.69, 9.17) is 4.74 Å². The monoisotopic (exact) mass is 1400 g/mol. The van der Waals surface area contributed by atoms with Gasteiger partial charge in [0.05, 0.1) is 56.8 Å². The van der Waals surface area contributed by atoms with Gasteiger partial charge in [0.2, 0.25) is 0 Å². The van der Waals surface area contributed by atoms with Gasteiger partial charge in [0.25, 0.3) is 0 Å². The number of ether oxygens (including phenoxy) is 1. The first kappa shape index (κ1) is 67.7. The summed E-state index contributed by atoms with van der Waals surface area (Å²) in [6, 6.07) is 84.8. The van der Waals surface area contributed by atoms with E-state index in [1.807, 2.05) is 0 Å². The SMILES string of the molecule is CC(C)c1ccc2cc3c(cc2c1)c1cc(C(C)(C)C)cc2c4cc5cc(C(C)C)ccc5cc4n3c12.CC(C)c1ccc2cc3c(cc2c1)c1cc(C(C)C)cc2c4cc5cc(C(C)C)ccc5cc4n3c12.COc1cc2c3cc4cc(C(C)C)ccc4cc3n3c4cc5ccc(C(C)C)cc5cc4c(c1)c23. The first-order chi connectivity index (χ1) is 51.8. The van der Waals surface area contributed by atoms with Gasteiger partial charge >= 0.3 is 0 Å². The molecule has 4 nitrogen and oxygen atoms in total. The van der Waals surface area contributed by atoms with E-state index in [0.29, 0.717) is 41.4 Å². The van der Waals surface area contributed by atoms with Crippen LogP contribution in [0.1, 0.15) is 204 Å². The Morgan fingerprint density at radius 2 is 0.417 bits per heavy atom. The predicted octanol–water partition coefficient (Wildman–Crippen LogP) is 30.6. The van der Waals surface area contributed by atoms with Crippen LogP contribution in [0, 0.1) is 0 Å². The van der Waals surface area contributed by atoms with Crippen LogP contribution in [0.2, 0.25) is 0 Å². The Morgan fingerprint density at radius 1 is 0.213 bits per heavy atom. The third-order valence-corrected chi connectivity index (χ3v) is 24.8. The van der Waals surface area contributed by atoms with Gasteiger partial charge in [-0.25, -0.2) is 0 Å². The van der Waals surface area contributed by atoms with E-state index in [1.165, 1.54) is 223 Å². The topological polar surface area (TPSA) is 22.5 Å². The molecule has 6 heterocycles. The molecule has 0 N–H and O–H groups in total. The third-order valence-electron chi connectivity index (χ3n) is 24.8. The van der Waals surface area contributed by atoms with Crippen molar-refractivity contribution in [3.8, 4) is 5.75 Å². The zero-order valence-electron chi connectivity index (χ0n) is 66.1. The van der Waals surface area contributed by atoms with E-state index in [0.717, 1.165) is 5.75 Å². The fourth-order valence-electron chi connectivity index (χ4n) is 18.2. The summed E-state index contributed by atoms with van der Waals surface area (Å²) in [7, 11) is 1.77. The van der Waals surface area contributed by atoms with Gasteiger partial charge in [-0.2, -0.15) is 0 Å². The summed E-state index contributed by atoms with van der Waals surface area (Å²) in [6.07, 6.45) is 0. The molecule has 15 aromatic carbocycles. The van der Waals surface area contributed by atoms with E-state index in [-0.39, 0.29) is 5.41 Å². The van der Waals surface area contributed by atoms with Crippen LogP contribution in [-0.4, -0.2) is 20.3 Å². The summed E-state index contributed by atoms with van der Waals surface area (Å²) in [4.78, 5) is 0. The molecule has 0 fully saturated rings. The zero-order valence-corrected chi connectivity index (χ0v) is 66.1. The molecule has 6 aromatic heterocycles. The molecule has 0 amide bonds. The lowest BCUT2D eigenvalue weighted by Crippen LogP contribution is -2.10. The molecule has 21 rings (SSSR count). The lowest BCUT2D eigenvalue weighted by atomic mass is 9.85. The van der Waals surface area contributed by atoms with Crippen LogP contribution < -0.4 is 4.74 Å². The standard InChI is InChI=1S/C36H35N.C35H33N.C33H29NO/c1-20(2)22-8-10-24-16-33-29(14-26(24)12-22)31-18-28(36(5,6)7)19-32-30-15-27-13-23(21(3)4)9-11-25(27)17-34(30)37(33)35(31)32;1-19(2)22-7-9-24-17-33-29(15-27(24)11-22)31-13-26(21(5)6)14-32-30-16-28-12-23(20(3)4)8-10-25(28)18-34(30)36(33)35(31)32;1-18(2)20-6-8-22-14-31-27(12-24(22)10-20)29-16-26(35-5)17-30-28-13-25-11-21(19(3)4)7-9-23(25)15-32(28)34(31)33(29)30/h8-21H,1-7H3;7-21H,1-6H3;6-19H,1-5H3. The Morgan fingerprint density at radius 3 is 0.611 bits per heavy atom. The Balaban J connectivity index is 0.000000110. The summed E-state index contributed by atoms with van der Waals surface area (Å²) >= 11 is 0. The van der Waals surface area contributed by atoms with Gasteiger partial charge in [-0.1, -0.05) is 227 Å². The number of benzene rings is 15. The molecule has 0 spiro atoms. The van der Waals surface area contributed by atoms with Crippen LogP contribution in [0.3, 0.4) is 0 Å². The first-order valence-electron chi connectivity index (χ1n) is 39.8. The predicted molar refractivity (Wildman–Crippen MR) is 472 cm³/mol. The number of nitrogens with zero attached hydrogens (tertiary/aromatic N) is 3. The van der Waals surface area contributed by atoms with Gasteiger partial charge in [-0.3, -0.25) is 0 Å². The Kier molecular flexibility index (Phi) is 15.4. The number of aromatic nitrogens is 3. The molecule has 0 saturated carbocycles. The van der Waals surface area contributed by atoms with Gasteiger partial charge in [0.15, 0.2) is 0 Å². The summed E-state index contributed by atoms with van der Waals surface area (Å²) < 4.78 is 13.3. The minimum Gasteiger partial charge on any atom is -0.497 e. The maximum Gasteiger partial charge on any atom is 0.120 e. The van der Waals surface area contributed by atoms with Crippen molar-refractivity contribution in [2.45, 2.75) is 165 Å². The maximum absolute atomic E-state index is 5.79. The van der Waals surface area contributed by atoms with Crippen LogP contribution in [0.25, 0.3) is 179 Å². The average Bonchev–Trinajstić information content (AvgIpc) is 1.55. The number of rotatable bonds is 8. The molecule has 108 heavy (non-hydrogen) atoms. The van der Waals surface area contributed by atoms with E-state index in [2.05, 4.69) is 349 Å². The van der Waals surface area contributed by atoms with Crippen molar-refractivity contribution in [3.05, 3.63) is 263 Å². The van der Waals surface area contributed by atoms with Crippen LogP contribution >= 0.6 is 0 Å². The quantitative estimate of drug-likeness (QED) is 0.149. The second-order valence-corrected chi connectivity index (χ2v) is 35.2. The second kappa shape index (κ2) is 24.5. The van der Waals surface area contributed by atoms with Crippen molar-refractivity contribution in [3.63, 3.8) is 0 Å². The van der Waals surface area contributed by atoms with Crippen molar-refractivity contribution < 1.29 is 4.74 Å². The van der Waals surface area contributed by atoms with Gasteiger partial charge in [-0.15, -0.1) is 0 Å². The van der Waals surface area contributed by atoms with Gasteiger partial charge in [0.1, 0.15) is 5.75 Å². The molecule has 21 aromatic rings. The molecule has 0 aliphatic heterocycles. The summed E-state index contributed by atoms with van der Waals surface area (Å²) in [5, 5.41) is 31.8. The van der Waals surface area contributed by atoms with Gasteiger partial charge in [-0.05, 0) is 265 Å². The number of hydrogen-bond acceptors (Lipinski definition) is 1. The first-order valence-corrected chi connectivity index (χ1v) is 39.8. The molecule has 0 radical (unpaired) electrons. The van der Waals surface area contributed by atoms with Gasteiger partial charge < -0.3 is 17.9 Å². The molecule has 0 saturated heterocycles. The molecular formula is C104H97N3O. The lowest BCUT2D eigenvalue weighted by molar-refractivity contribution is 0.416. The zero-order chi connectivity index (χ0) is 74.7. The molecule has 0 atom stereocenters. The number of fused-ring (bicyclic) bond motifs is 24. The highest BCUT2D eigenvalue weighted by Crippen LogP contribution is 2.49. The van der Waals surface area contributed by atoms with Crippen LogP contribution in [0.15, 0.2) is 218 Å². The minimum atomic E-state index is 0.0746. The van der Waals surface area contributed by atoms with E-state index in [1.54, 1.807) is 7.11 Å². The van der Waals surface area contributed by atoms with Crippen LogP contribution in [0.5, 0.6) is 5.75 Å². The normalized spacial score (nSPS) is 12.9. The Labute approximate surface area is 633 Å². The largest absolute Gasteiger partial charge is 0.497 e. The highest BCUT2D eigenvalue weighted by molar-refractivity contribution is 6.29. The number of hydrogen-bond donors (Lipinski definition) is 0. The fourth-order valence-corrected chi connectivity index (χ4v) is 18.2. The average molecular weight is 1400 g/mol. The van der Waals surface area contributed by atoms with Crippen LogP contribution in [0.4, 0.5) is 0 Å². The molecule has 0 aliphatic carbocycles. The Bertz CT molecular complexity index is 6890. The van der Waals surface area contributed by atoms with E-state index < -0.39 is 0 Å². The van der Waals surface area contributed by atoms with E-state index >= 15 is 0 Å². The maximum atomic E-state index is 5.79. The Hall–Kier alpha value is -10.9. The van der Waals surface area contributed by atoms with Crippen molar-refractivity contribution >= 4 is 179 Å².